The normalized spacial score (nSPS) is 19.6. The van der Waals surface area contributed by atoms with Crippen LogP contribution in [0.25, 0.3) is 0 Å². The topological polar surface area (TPSA) is 149 Å². The average molecular weight is 1060 g/mol. The van der Waals surface area contributed by atoms with Gasteiger partial charge >= 0.3 is 0 Å². The summed E-state index contributed by atoms with van der Waals surface area (Å²) in [5.41, 5.74) is 0. The molecule has 0 spiro atoms. The van der Waals surface area contributed by atoms with Crippen molar-refractivity contribution in [1.82, 2.24) is 5.32 Å². The van der Waals surface area contributed by atoms with Crippen LogP contribution in [0.4, 0.5) is 0 Å². The quantitative estimate of drug-likeness (QED) is 0.0261. The maximum atomic E-state index is 13.1. The molecule has 1 fully saturated rings. The molecule has 7 atom stereocenters. The highest BCUT2D eigenvalue weighted by Crippen LogP contribution is 2.23. The highest BCUT2D eigenvalue weighted by atomic mass is 16.7. The van der Waals surface area contributed by atoms with Crippen LogP contribution in [0.1, 0.15) is 251 Å². The number of carbonyl (C=O) groups excluding carboxylic acids is 1. The van der Waals surface area contributed by atoms with Gasteiger partial charge in [-0.1, -0.05) is 271 Å². The molecule has 1 rings (SSSR count). The van der Waals surface area contributed by atoms with Crippen LogP contribution in [-0.2, 0) is 14.3 Å². The minimum Gasteiger partial charge on any atom is -0.394 e. The molecule has 1 amide bonds. The van der Waals surface area contributed by atoms with Crippen LogP contribution in [0.15, 0.2) is 109 Å². The molecule has 1 saturated heterocycles. The van der Waals surface area contributed by atoms with Crippen LogP contribution in [0.5, 0.6) is 0 Å². The van der Waals surface area contributed by atoms with Crippen LogP contribution in [0.3, 0.4) is 0 Å². The first-order valence-electron chi connectivity index (χ1n) is 31.1. The Morgan fingerprint density at radius 1 is 0.461 bits per heavy atom. The summed E-state index contributed by atoms with van der Waals surface area (Å²) in [5, 5.41) is 54.8. The molecular weight excluding hydrogens is 947 g/mol. The van der Waals surface area contributed by atoms with E-state index >= 15 is 0 Å². The van der Waals surface area contributed by atoms with Crippen molar-refractivity contribution in [2.75, 3.05) is 13.2 Å². The van der Waals surface area contributed by atoms with Crippen LogP contribution in [0, 0.1) is 0 Å². The van der Waals surface area contributed by atoms with Gasteiger partial charge in [-0.15, -0.1) is 0 Å². The summed E-state index contributed by atoms with van der Waals surface area (Å²) in [6, 6.07) is -0.746. The Hall–Kier alpha value is -3.15. The third-order valence-electron chi connectivity index (χ3n) is 14.1. The van der Waals surface area contributed by atoms with Gasteiger partial charge in [0.05, 0.1) is 25.4 Å². The fraction of sp³-hybridized carbons (Fsp3) is 0.716. The maximum Gasteiger partial charge on any atom is 0.220 e. The molecule has 0 radical (unpaired) electrons. The Bertz CT molecular complexity index is 1560. The molecule has 0 aromatic carbocycles. The van der Waals surface area contributed by atoms with Gasteiger partial charge in [0.25, 0.3) is 0 Å². The zero-order valence-corrected chi connectivity index (χ0v) is 48.5. The lowest BCUT2D eigenvalue weighted by atomic mass is 9.99. The summed E-state index contributed by atoms with van der Waals surface area (Å²) in [7, 11) is 0. The summed E-state index contributed by atoms with van der Waals surface area (Å²) >= 11 is 0. The number of amides is 1. The number of aliphatic hydroxyl groups is 5. The van der Waals surface area contributed by atoms with Gasteiger partial charge < -0.3 is 40.3 Å². The summed E-state index contributed by atoms with van der Waals surface area (Å²) in [6.07, 6.45) is 74.0. The molecule has 0 aromatic rings. The molecule has 436 valence electrons. The Morgan fingerprint density at radius 2 is 0.816 bits per heavy atom. The third-order valence-corrected chi connectivity index (χ3v) is 14.1. The van der Waals surface area contributed by atoms with E-state index in [4.69, 9.17) is 9.47 Å². The molecule has 1 aliphatic rings. The second-order valence-electron chi connectivity index (χ2n) is 21.1. The van der Waals surface area contributed by atoms with Crippen LogP contribution in [0.2, 0.25) is 0 Å². The summed E-state index contributed by atoms with van der Waals surface area (Å²) < 4.78 is 11.3. The first-order valence-corrected chi connectivity index (χ1v) is 31.1. The van der Waals surface area contributed by atoms with Crippen molar-refractivity contribution in [3.63, 3.8) is 0 Å². The van der Waals surface area contributed by atoms with E-state index in [9.17, 15) is 30.3 Å². The van der Waals surface area contributed by atoms with Gasteiger partial charge in [0, 0.05) is 6.42 Å². The molecule has 0 aliphatic carbocycles. The standard InChI is InChI=1S/C67H115NO8/c1-3-5-7-9-11-13-15-17-19-21-23-25-27-28-29-30-31-32-33-34-35-37-39-41-43-45-47-49-51-53-55-57-63(71)68-60(59-75-67-66(74)65(73)64(72)62(58-69)76-67)61(70)56-54-52-50-48-46-44-42-40-38-36-26-24-22-20-18-16-14-12-10-8-6-4-2/h5,7,11,13,17,19,23,25,28-29,31-32,34-35,39,41,45,47,60-62,64-67,69-70,72-74H,3-4,6,8-10,12,14-16,18,20-22,24,26-27,30,33,36-38,40,42-44,46,48-59H2,1-2H3,(H,68,71)/b7-5-,13-11-,19-17-,25-23-,29-28-,32-31-,35-34-,41-39-,47-45-. The molecule has 0 aromatic heterocycles. The predicted octanol–water partition coefficient (Wildman–Crippen LogP) is 16.1. The minimum atomic E-state index is -1.57. The number of ether oxygens (including phenoxy) is 2. The van der Waals surface area contributed by atoms with Crippen molar-refractivity contribution in [3.05, 3.63) is 109 Å². The van der Waals surface area contributed by atoms with Crippen LogP contribution in [-0.4, -0.2) is 87.5 Å². The van der Waals surface area contributed by atoms with E-state index in [0.29, 0.717) is 12.8 Å². The van der Waals surface area contributed by atoms with Crippen molar-refractivity contribution in [2.24, 2.45) is 0 Å². The molecular formula is C67H115NO8. The number of unbranched alkanes of at least 4 members (excludes halogenated alkanes) is 24. The molecule has 1 aliphatic heterocycles. The average Bonchev–Trinajstić information content (AvgIpc) is 3.42. The Morgan fingerprint density at radius 3 is 1.20 bits per heavy atom. The number of hydrogen-bond donors (Lipinski definition) is 6. The van der Waals surface area contributed by atoms with Crippen molar-refractivity contribution in [3.8, 4) is 0 Å². The van der Waals surface area contributed by atoms with Crippen molar-refractivity contribution in [2.45, 2.75) is 294 Å². The SMILES string of the molecule is CC/C=C\C/C=C\C/C=C\C/C=C\C/C=C\C/C=C\C/C=C\C/C=C\C/C=C\CCCCCC(=O)NC(COC1OC(CO)C(O)C(O)C1O)C(O)CCCCCCCCCCCCCCCCCCCCCCCC. The van der Waals surface area contributed by atoms with E-state index in [1.54, 1.807) is 0 Å². The van der Waals surface area contributed by atoms with Crippen LogP contribution >= 0.6 is 0 Å². The fourth-order valence-electron chi connectivity index (χ4n) is 9.27. The van der Waals surface area contributed by atoms with Gasteiger partial charge in [0.15, 0.2) is 6.29 Å². The third kappa shape index (κ3) is 43.8. The van der Waals surface area contributed by atoms with E-state index in [-0.39, 0.29) is 12.5 Å². The smallest absolute Gasteiger partial charge is 0.220 e. The number of allylic oxidation sites excluding steroid dienone is 18. The lowest BCUT2D eigenvalue weighted by Crippen LogP contribution is -2.60. The van der Waals surface area contributed by atoms with Gasteiger partial charge in [-0.05, 0) is 83.5 Å². The van der Waals surface area contributed by atoms with Crippen molar-refractivity contribution < 1.29 is 39.8 Å². The van der Waals surface area contributed by atoms with E-state index in [2.05, 4.69) is 129 Å². The first-order chi connectivity index (χ1) is 37.3. The van der Waals surface area contributed by atoms with E-state index in [1.165, 1.54) is 122 Å². The van der Waals surface area contributed by atoms with Gasteiger partial charge in [-0.2, -0.15) is 0 Å². The monoisotopic (exact) mass is 1060 g/mol. The van der Waals surface area contributed by atoms with E-state index in [0.717, 1.165) is 103 Å². The molecule has 0 bridgehead atoms. The molecule has 1 heterocycles. The maximum absolute atomic E-state index is 13.1. The molecule has 0 saturated carbocycles. The lowest BCUT2D eigenvalue weighted by Gasteiger charge is -2.40. The van der Waals surface area contributed by atoms with E-state index < -0.39 is 49.5 Å². The highest BCUT2D eigenvalue weighted by Gasteiger charge is 2.44. The largest absolute Gasteiger partial charge is 0.394 e. The van der Waals surface area contributed by atoms with Gasteiger partial charge in [-0.25, -0.2) is 0 Å². The predicted molar refractivity (Wildman–Crippen MR) is 322 cm³/mol. The van der Waals surface area contributed by atoms with Gasteiger partial charge in [-0.3, -0.25) is 4.79 Å². The molecule has 76 heavy (non-hydrogen) atoms. The first kappa shape index (κ1) is 70.9. The number of rotatable bonds is 52. The number of nitrogens with one attached hydrogen (secondary N) is 1. The summed E-state index contributed by atoms with van der Waals surface area (Å²) in [6.45, 7) is 3.72. The summed E-state index contributed by atoms with van der Waals surface area (Å²) in [4.78, 5) is 13.1. The second-order valence-corrected chi connectivity index (χ2v) is 21.1. The fourth-order valence-corrected chi connectivity index (χ4v) is 9.27. The number of hydrogen-bond acceptors (Lipinski definition) is 8. The molecule has 7 unspecified atom stereocenters. The lowest BCUT2D eigenvalue weighted by molar-refractivity contribution is -0.302. The zero-order chi connectivity index (χ0) is 55.0. The van der Waals surface area contributed by atoms with Gasteiger partial charge in [0.1, 0.15) is 24.4 Å². The second kappa shape index (κ2) is 55.2. The number of carbonyl (C=O) groups is 1. The molecule has 9 heteroatoms. The molecule has 6 N–H and O–H groups in total. The van der Waals surface area contributed by atoms with Gasteiger partial charge in [0.2, 0.25) is 5.91 Å². The van der Waals surface area contributed by atoms with Crippen LogP contribution < -0.4 is 5.32 Å². The Kier molecular flexibility index (Phi) is 51.4. The molecule has 9 nitrogen and oxygen atoms in total. The van der Waals surface area contributed by atoms with E-state index in [1.807, 2.05) is 0 Å². The number of aliphatic hydroxyl groups excluding tert-OH is 5. The Labute approximate surface area is 466 Å². The zero-order valence-electron chi connectivity index (χ0n) is 48.5. The van der Waals surface area contributed by atoms with Crippen molar-refractivity contribution in [1.29, 1.82) is 0 Å². The summed E-state index contributed by atoms with van der Waals surface area (Å²) in [5.74, 6) is -0.178. The minimum absolute atomic E-state index is 0.158. The van der Waals surface area contributed by atoms with Crippen molar-refractivity contribution >= 4 is 5.91 Å². The highest BCUT2D eigenvalue weighted by molar-refractivity contribution is 5.76. The Balaban J connectivity index is 2.24.